The highest BCUT2D eigenvalue weighted by Crippen LogP contribution is 2.38. The lowest BCUT2D eigenvalue weighted by atomic mass is 9.96. The van der Waals surface area contributed by atoms with Gasteiger partial charge in [-0.15, -0.1) is 11.3 Å². The topological polar surface area (TPSA) is 81.6 Å². The van der Waals surface area contributed by atoms with E-state index in [9.17, 15) is 15.3 Å². The Morgan fingerprint density at radius 3 is 2.67 bits per heavy atom. The molecule has 33 heavy (non-hydrogen) atoms. The Morgan fingerprint density at radius 1 is 1.18 bits per heavy atom. The summed E-state index contributed by atoms with van der Waals surface area (Å²) >= 11 is 1.70. The number of carbonyl (C=O) groups is 1. The predicted molar refractivity (Wildman–Crippen MR) is 131 cm³/mol. The SMILES string of the molecule is Cc1cc(/C=C(\C#N)C(=O)NCCc2ccccc2)c(C)n1-c1sc2c(c1C#N)CCCC2. The lowest BCUT2D eigenvalue weighted by molar-refractivity contribution is -0.117. The molecule has 4 rings (SSSR count). The van der Waals surface area contributed by atoms with E-state index < -0.39 is 0 Å². The van der Waals surface area contributed by atoms with Crippen molar-refractivity contribution in [3.8, 4) is 17.1 Å². The maximum absolute atomic E-state index is 12.6. The molecule has 0 aliphatic heterocycles. The van der Waals surface area contributed by atoms with Crippen LogP contribution in [0.3, 0.4) is 0 Å². The van der Waals surface area contributed by atoms with E-state index >= 15 is 0 Å². The van der Waals surface area contributed by atoms with Crippen molar-refractivity contribution in [3.05, 3.63) is 80.5 Å². The average Bonchev–Trinajstić information content (AvgIpc) is 3.33. The van der Waals surface area contributed by atoms with Gasteiger partial charge in [0.15, 0.2) is 0 Å². The number of hydrogen-bond acceptors (Lipinski definition) is 4. The van der Waals surface area contributed by atoms with Gasteiger partial charge in [0.2, 0.25) is 0 Å². The molecule has 1 aromatic carbocycles. The molecule has 0 bridgehead atoms. The summed E-state index contributed by atoms with van der Waals surface area (Å²) in [7, 11) is 0. The highest BCUT2D eigenvalue weighted by atomic mass is 32.1. The first-order valence-corrected chi connectivity index (χ1v) is 12.0. The van der Waals surface area contributed by atoms with Gasteiger partial charge in [0.1, 0.15) is 22.7 Å². The molecule has 6 heteroatoms. The second-order valence-corrected chi connectivity index (χ2v) is 9.41. The van der Waals surface area contributed by atoms with E-state index in [-0.39, 0.29) is 11.5 Å². The van der Waals surface area contributed by atoms with Crippen LogP contribution in [-0.4, -0.2) is 17.0 Å². The van der Waals surface area contributed by atoms with Crippen LogP contribution in [0.15, 0.2) is 42.0 Å². The largest absolute Gasteiger partial charge is 0.351 e. The van der Waals surface area contributed by atoms with Crippen LogP contribution in [0.2, 0.25) is 0 Å². The zero-order valence-electron chi connectivity index (χ0n) is 18.9. The molecule has 0 spiro atoms. The van der Waals surface area contributed by atoms with Gasteiger partial charge in [-0.05, 0) is 74.8 Å². The lowest BCUT2D eigenvalue weighted by Crippen LogP contribution is -2.26. The molecule has 1 amide bonds. The van der Waals surface area contributed by atoms with Gasteiger partial charge in [-0.25, -0.2) is 0 Å². The molecule has 0 saturated heterocycles. The Morgan fingerprint density at radius 2 is 1.94 bits per heavy atom. The van der Waals surface area contributed by atoms with Gasteiger partial charge in [-0.1, -0.05) is 30.3 Å². The number of thiophene rings is 1. The van der Waals surface area contributed by atoms with Crippen LogP contribution < -0.4 is 5.32 Å². The number of rotatable bonds is 6. The molecule has 1 aliphatic carbocycles. The number of carbonyl (C=O) groups excluding carboxylic acids is 1. The molecule has 166 valence electrons. The van der Waals surface area contributed by atoms with Crippen LogP contribution in [0.4, 0.5) is 0 Å². The van der Waals surface area contributed by atoms with Gasteiger partial charge in [0.25, 0.3) is 5.91 Å². The average molecular weight is 455 g/mol. The van der Waals surface area contributed by atoms with Crippen LogP contribution in [0, 0.1) is 36.5 Å². The molecule has 2 heterocycles. The summed E-state index contributed by atoms with van der Waals surface area (Å²) in [5.41, 5.74) is 5.90. The first kappa shape index (κ1) is 22.6. The van der Waals surface area contributed by atoms with E-state index in [4.69, 9.17) is 0 Å². The standard InChI is InChI=1S/C27H26N4OS/c1-18-14-21(15-22(16-28)26(32)30-13-12-20-8-4-3-5-9-20)19(2)31(18)27-24(17-29)23-10-6-7-11-25(23)33-27/h3-5,8-9,14-15H,6-7,10-13H2,1-2H3,(H,30,32)/b22-15+. The fourth-order valence-electron chi connectivity index (χ4n) is 4.43. The van der Waals surface area contributed by atoms with Gasteiger partial charge >= 0.3 is 0 Å². The number of benzene rings is 1. The van der Waals surface area contributed by atoms with Gasteiger partial charge in [-0.2, -0.15) is 10.5 Å². The maximum atomic E-state index is 12.6. The maximum Gasteiger partial charge on any atom is 0.261 e. The number of nitriles is 2. The highest BCUT2D eigenvalue weighted by molar-refractivity contribution is 7.15. The molecule has 2 aromatic heterocycles. The summed E-state index contributed by atoms with van der Waals surface area (Å²) in [6.45, 7) is 4.43. The van der Waals surface area contributed by atoms with Crippen LogP contribution >= 0.6 is 11.3 Å². The number of nitrogens with zero attached hydrogens (tertiary/aromatic N) is 3. The molecular formula is C27H26N4OS. The van der Waals surface area contributed by atoms with Crippen LogP contribution in [0.25, 0.3) is 11.1 Å². The first-order valence-electron chi connectivity index (χ1n) is 11.2. The van der Waals surface area contributed by atoms with Crippen LogP contribution in [-0.2, 0) is 24.1 Å². The van der Waals surface area contributed by atoms with E-state index in [0.29, 0.717) is 13.0 Å². The number of fused-ring (bicyclic) bond motifs is 1. The third-order valence-electron chi connectivity index (χ3n) is 6.14. The van der Waals surface area contributed by atoms with Crippen molar-refractivity contribution in [1.82, 2.24) is 9.88 Å². The zero-order valence-corrected chi connectivity index (χ0v) is 19.8. The van der Waals surface area contributed by atoms with E-state index in [0.717, 1.165) is 52.3 Å². The molecule has 1 aliphatic rings. The van der Waals surface area contributed by atoms with Crippen molar-refractivity contribution >= 4 is 23.3 Å². The zero-order chi connectivity index (χ0) is 23.4. The Hall–Kier alpha value is -3.61. The minimum Gasteiger partial charge on any atom is -0.351 e. The van der Waals surface area contributed by atoms with Crippen molar-refractivity contribution in [3.63, 3.8) is 0 Å². The van der Waals surface area contributed by atoms with E-state index in [1.54, 1.807) is 17.4 Å². The molecule has 3 aromatic rings. The number of hydrogen-bond donors (Lipinski definition) is 1. The predicted octanol–water partition coefficient (Wildman–Crippen LogP) is 5.17. The third-order valence-corrected chi connectivity index (χ3v) is 7.42. The van der Waals surface area contributed by atoms with Gasteiger partial charge in [-0.3, -0.25) is 4.79 Å². The Labute approximate surface area is 198 Å². The quantitative estimate of drug-likeness (QED) is 0.412. The normalized spacial score (nSPS) is 13.2. The molecule has 0 radical (unpaired) electrons. The number of nitrogens with one attached hydrogen (secondary N) is 1. The van der Waals surface area contributed by atoms with E-state index in [1.165, 1.54) is 16.9 Å². The lowest BCUT2D eigenvalue weighted by Gasteiger charge is -2.10. The number of aromatic nitrogens is 1. The minimum absolute atomic E-state index is 0.0780. The van der Waals surface area contributed by atoms with Gasteiger partial charge < -0.3 is 9.88 Å². The van der Waals surface area contributed by atoms with Crippen molar-refractivity contribution in [2.24, 2.45) is 0 Å². The van der Waals surface area contributed by atoms with Crippen LogP contribution in [0.5, 0.6) is 0 Å². The summed E-state index contributed by atoms with van der Waals surface area (Å²) in [5.74, 6) is -0.373. The van der Waals surface area contributed by atoms with Crippen LogP contribution in [0.1, 0.15) is 51.4 Å². The summed E-state index contributed by atoms with van der Waals surface area (Å²) in [5, 5.41) is 23.3. The first-order chi connectivity index (χ1) is 16.0. The van der Waals surface area contributed by atoms with Crippen molar-refractivity contribution in [2.45, 2.75) is 46.0 Å². The molecule has 0 fully saturated rings. The molecule has 5 nitrogen and oxygen atoms in total. The fourth-order valence-corrected chi connectivity index (χ4v) is 5.89. The van der Waals surface area contributed by atoms with Gasteiger partial charge in [0, 0.05) is 22.8 Å². The summed E-state index contributed by atoms with van der Waals surface area (Å²) in [6.07, 6.45) is 6.64. The molecule has 0 unspecified atom stereocenters. The van der Waals surface area contributed by atoms with Gasteiger partial charge in [0.05, 0.1) is 5.56 Å². The highest BCUT2D eigenvalue weighted by Gasteiger charge is 2.24. The van der Waals surface area contributed by atoms with Crippen molar-refractivity contribution in [1.29, 1.82) is 10.5 Å². The summed E-state index contributed by atoms with van der Waals surface area (Å²) in [4.78, 5) is 13.9. The smallest absolute Gasteiger partial charge is 0.261 e. The molecular weight excluding hydrogens is 428 g/mol. The minimum atomic E-state index is -0.373. The second kappa shape index (κ2) is 9.90. The monoisotopic (exact) mass is 454 g/mol. The fraction of sp³-hybridized carbons (Fsp3) is 0.296. The van der Waals surface area contributed by atoms with E-state index in [2.05, 4.69) is 16.0 Å². The molecule has 0 saturated carbocycles. The number of aryl methyl sites for hydroxylation is 2. The summed E-state index contributed by atoms with van der Waals surface area (Å²) in [6, 6.07) is 16.4. The molecule has 0 atom stereocenters. The van der Waals surface area contributed by atoms with Crippen molar-refractivity contribution in [2.75, 3.05) is 6.54 Å². The van der Waals surface area contributed by atoms with E-state index in [1.807, 2.05) is 56.3 Å². The van der Waals surface area contributed by atoms with Crippen molar-refractivity contribution < 1.29 is 4.79 Å². The Balaban J connectivity index is 1.58. The second-order valence-electron chi connectivity index (χ2n) is 8.33. The third kappa shape index (κ3) is 4.62. The molecule has 1 N–H and O–H groups in total. The Kier molecular flexibility index (Phi) is 6.77. The summed E-state index contributed by atoms with van der Waals surface area (Å²) < 4.78 is 2.09. The Bertz CT molecular complexity index is 1300. The number of amides is 1.